The number of H-pyrrole nitrogens is 1. The molecule has 0 aliphatic heterocycles. The van der Waals surface area contributed by atoms with Gasteiger partial charge in [0.05, 0.1) is 18.2 Å². The Labute approximate surface area is 142 Å². The second-order valence-corrected chi connectivity index (χ2v) is 4.92. The van der Waals surface area contributed by atoms with Crippen molar-refractivity contribution < 1.29 is 23.5 Å². The fraction of sp³-hybridized carbons (Fsp3) is 0.267. The minimum atomic E-state index is -0.745. The monoisotopic (exact) mass is 355 g/mol. The average molecular weight is 356 g/mol. The van der Waals surface area contributed by atoms with E-state index in [9.17, 15) is 14.0 Å². The normalized spacial score (nSPS) is 10.3. The van der Waals surface area contributed by atoms with Crippen LogP contribution in [0.4, 0.5) is 15.9 Å². The third-order valence-electron chi connectivity index (χ3n) is 2.91. The maximum Gasteiger partial charge on any atom is 0.357 e. The van der Waals surface area contributed by atoms with E-state index >= 15 is 0 Å². The van der Waals surface area contributed by atoms with Gasteiger partial charge in [-0.1, -0.05) is 11.6 Å². The van der Waals surface area contributed by atoms with Crippen molar-refractivity contribution in [3.63, 3.8) is 0 Å². The molecule has 0 bridgehead atoms. The second kappa shape index (κ2) is 7.78. The molecule has 0 aliphatic carbocycles. The van der Waals surface area contributed by atoms with Crippen LogP contribution >= 0.6 is 11.6 Å². The van der Waals surface area contributed by atoms with Crippen LogP contribution in [-0.2, 0) is 9.47 Å². The van der Waals surface area contributed by atoms with Crippen LogP contribution in [0.25, 0.3) is 0 Å². The second-order valence-electron chi connectivity index (χ2n) is 4.52. The Kier molecular flexibility index (Phi) is 5.75. The highest BCUT2D eigenvalue weighted by Crippen LogP contribution is 2.26. The first kappa shape index (κ1) is 17.7. The Morgan fingerprint density at radius 2 is 1.92 bits per heavy atom. The largest absolute Gasteiger partial charge is 0.462 e. The lowest BCUT2D eigenvalue weighted by molar-refractivity contribution is 0.0476. The number of rotatable bonds is 6. The molecule has 0 saturated heterocycles. The van der Waals surface area contributed by atoms with E-state index in [1.165, 1.54) is 12.1 Å². The van der Waals surface area contributed by atoms with Crippen LogP contribution in [0.15, 0.2) is 18.2 Å². The third kappa shape index (κ3) is 3.83. The number of aromatic amines is 1. The predicted octanol–water partition coefficient (Wildman–Crippen LogP) is 3.30. The Morgan fingerprint density at radius 3 is 2.54 bits per heavy atom. The molecular weight excluding hydrogens is 341 g/mol. The van der Waals surface area contributed by atoms with E-state index in [0.717, 1.165) is 6.07 Å². The molecule has 2 rings (SSSR count). The number of hydrogen-bond donors (Lipinski definition) is 2. The smallest absolute Gasteiger partial charge is 0.357 e. The molecule has 0 saturated carbocycles. The van der Waals surface area contributed by atoms with Gasteiger partial charge in [0.1, 0.15) is 11.4 Å². The number of carbonyl (C=O) groups excluding carboxylic acids is 2. The fourth-order valence-corrected chi connectivity index (χ4v) is 2.08. The highest BCUT2D eigenvalue weighted by molar-refractivity contribution is 6.31. The Hall–Kier alpha value is -2.61. The van der Waals surface area contributed by atoms with Gasteiger partial charge < -0.3 is 14.8 Å². The molecule has 1 heterocycles. The van der Waals surface area contributed by atoms with Crippen molar-refractivity contribution >= 4 is 35.0 Å². The summed E-state index contributed by atoms with van der Waals surface area (Å²) in [6.07, 6.45) is 0. The summed E-state index contributed by atoms with van der Waals surface area (Å²) in [5, 5.41) is 9.04. The zero-order chi connectivity index (χ0) is 17.7. The first-order valence-electron chi connectivity index (χ1n) is 7.12. The van der Waals surface area contributed by atoms with Crippen molar-refractivity contribution in [2.24, 2.45) is 0 Å². The number of nitrogens with one attached hydrogen (secondary N) is 2. The summed E-state index contributed by atoms with van der Waals surface area (Å²) in [5.74, 6) is -2.02. The Morgan fingerprint density at radius 1 is 1.25 bits per heavy atom. The van der Waals surface area contributed by atoms with Gasteiger partial charge in [-0.25, -0.2) is 14.0 Å². The standard InChI is InChI=1S/C15H15ClFN3O4/c1-3-23-14(21)11-12(15(22)24-4-2)19-20-13(11)18-8-5-6-10(17)9(16)7-8/h5-7H,3-4H2,1-2H3,(H2,18,19,20). The lowest BCUT2D eigenvalue weighted by Gasteiger charge is -2.08. The van der Waals surface area contributed by atoms with Gasteiger partial charge in [-0.3, -0.25) is 5.10 Å². The molecule has 2 aromatic rings. The molecular formula is C15H15ClFN3O4. The summed E-state index contributed by atoms with van der Waals surface area (Å²) in [7, 11) is 0. The molecule has 0 amide bonds. The summed E-state index contributed by atoms with van der Waals surface area (Å²) >= 11 is 5.72. The SMILES string of the molecule is CCOC(=O)c1[nH]nc(Nc2ccc(F)c(Cl)c2)c1C(=O)OCC. The van der Waals surface area contributed by atoms with Crippen LogP contribution in [0, 0.1) is 5.82 Å². The van der Waals surface area contributed by atoms with Crippen molar-refractivity contribution in [2.75, 3.05) is 18.5 Å². The van der Waals surface area contributed by atoms with Gasteiger partial charge in [-0.15, -0.1) is 0 Å². The van der Waals surface area contributed by atoms with Gasteiger partial charge in [0, 0.05) is 5.69 Å². The molecule has 1 aromatic carbocycles. The molecule has 7 nitrogen and oxygen atoms in total. The molecule has 0 radical (unpaired) electrons. The number of anilines is 2. The Bertz CT molecular complexity index is 763. The molecule has 128 valence electrons. The van der Waals surface area contributed by atoms with Crippen molar-refractivity contribution in [2.45, 2.75) is 13.8 Å². The number of ether oxygens (including phenoxy) is 2. The van der Waals surface area contributed by atoms with Crippen molar-refractivity contribution in [1.82, 2.24) is 10.2 Å². The molecule has 0 spiro atoms. The predicted molar refractivity (Wildman–Crippen MR) is 85.2 cm³/mol. The zero-order valence-electron chi connectivity index (χ0n) is 13.0. The number of aromatic nitrogens is 2. The minimum Gasteiger partial charge on any atom is -0.462 e. The van der Waals surface area contributed by atoms with Crippen molar-refractivity contribution in [3.05, 3.63) is 40.3 Å². The first-order chi connectivity index (χ1) is 11.5. The molecule has 24 heavy (non-hydrogen) atoms. The first-order valence-corrected chi connectivity index (χ1v) is 7.50. The lowest BCUT2D eigenvalue weighted by atomic mass is 10.2. The van der Waals surface area contributed by atoms with E-state index in [1.807, 2.05) is 0 Å². The van der Waals surface area contributed by atoms with Crippen LogP contribution < -0.4 is 5.32 Å². The van der Waals surface area contributed by atoms with E-state index < -0.39 is 17.8 Å². The van der Waals surface area contributed by atoms with Crippen LogP contribution in [0.3, 0.4) is 0 Å². The lowest BCUT2D eigenvalue weighted by Crippen LogP contribution is -2.14. The number of nitrogens with zero attached hydrogens (tertiary/aromatic N) is 1. The van der Waals surface area contributed by atoms with E-state index in [2.05, 4.69) is 15.5 Å². The van der Waals surface area contributed by atoms with E-state index in [4.69, 9.17) is 21.1 Å². The Balaban J connectivity index is 2.39. The summed E-state index contributed by atoms with van der Waals surface area (Å²) in [5.41, 5.74) is 0.149. The van der Waals surface area contributed by atoms with Crippen molar-refractivity contribution in [3.8, 4) is 0 Å². The molecule has 9 heteroatoms. The topological polar surface area (TPSA) is 93.3 Å². The number of carbonyl (C=O) groups is 2. The maximum absolute atomic E-state index is 13.2. The number of esters is 2. The van der Waals surface area contributed by atoms with Crippen molar-refractivity contribution in [1.29, 1.82) is 0 Å². The van der Waals surface area contributed by atoms with Gasteiger partial charge in [0.15, 0.2) is 11.5 Å². The van der Waals surface area contributed by atoms with Crippen LogP contribution in [-0.4, -0.2) is 35.3 Å². The maximum atomic E-state index is 13.2. The van der Waals surface area contributed by atoms with Crippen LogP contribution in [0.1, 0.15) is 34.7 Å². The molecule has 1 aromatic heterocycles. The highest BCUT2D eigenvalue weighted by atomic mass is 35.5. The van der Waals surface area contributed by atoms with Gasteiger partial charge in [0.2, 0.25) is 0 Å². The summed E-state index contributed by atoms with van der Waals surface area (Å²) in [4.78, 5) is 24.1. The van der Waals surface area contributed by atoms with Crippen LogP contribution in [0.5, 0.6) is 0 Å². The van der Waals surface area contributed by atoms with E-state index in [0.29, 0.717) is 5.69 Å². The molecule has 0 fully saturated rings. The summed E-state index contributed by atoms with van der Waals surface area (Å²) < 4.78 is 23.0. The zero-order valence-corrected chi connectivity index (χ0v) is 13.7. The quantitative estimate of drug-likeness (QED) is 0.772. The number of benzene rings is 1. The molecule has 0 atom stereocenters. The third-order valence-corrected chi connectivity index (χ3v) is 3.20. The summed E-state index contributed by atoms with van der Waals surface area (Å²) in [6, 6.07) is 3.90. The minimum absolute atomic E-state index is 0.0409. The van der Waals surface area contributed by atoms with Crippen LogP contribution in [0.2, 0.25) is 5.02 Å². The highest BCUT2D eigenvalue weighted by Gasteiger charge is 2.27. The molecule has 0 aliphatic rings. The fourth-order valence-electron chi connectivity index (χ4n) is 1.90. The van der Waals surface area contributed by atoms with E-state index in [1.54, 1.807) is 13.8 Å². The molecule has 0 unspecified atom stereocenters. The van der Waals surface area contributed by atoms with E-state index in [-0.39, 0.29) is 35.3 Å². The number of halogens is 2. The number of hydrogen-bond acceptors (Lipinski definition) is 6. The van der Waals surface area contributed by atoms with Gasteiger partial charge >= 0.3 is 11.9 Å². The molecule has 2 N–H and O–H groups in total. The van der Waals surface area contributed by atoms with Gasteiger partial charge in [0.25, 0.3) is 0 Å². The van der Waals surface area contributed by atoms with Gasteiger partial charge in [-0.2, -0.15) is 5.10 Å². The average Bonchev–Trinajstić information content (AvgIpc) is 2.95. The summed E-state index contributed by atoms with van der Waals surface area (Å²) in [6.45, 7) is 3.53. The van der Waals surface area contributed by atoms with Gasteiger partial charge in [-0.05, 0) is 32.0 Å².